The first-order valence-corrected chi connectivity index (χ1v) is 20.4. The molecule has 2 saturated carbocycles. The van der Waals surface area contributed by atoms with E-state index in [4.69, 9.17) is 0 Å². The maximum atomic E-state index is 2.38. The molecule has 3 fully saturated rings. The number of hydrogen-bond donors (Lipinski definition) is 0. The van der Waals surface area contributed by atoms with Crippen molar-refractivity contribution in [2.45, 2.75) is 82.7 Å². The summed E-state index contributed by atoms with van der Waals surface area (Å²) in [6, 6.07) is 26.2. The van der Waals surface area contributed by atoms with E-state index in [0.29, 0.717) is 5.49 Å². The standard InChI is InChI=1S/2C14H15.C3H6Si.2ClH.Hf/c2*1-2-10-8-12-4-3-5-13(11-6-7-11)14(12)9-10;1-2-4-3-1;;;/h2*3-5,8-9,11H,2,6-7H2,1H3;1-3H2;2*1H;/q2*-1;;;;+2/p-2. The summed E-state index contributed by atoms with van der Waals surface area (Å²) in [5.74, 6) is 1.73. The Labute approximate surface area is 238 Å². The number of hydrogen-bond acceptors (Lipinski definition) is 0. The topological polar surface area (TPSA) is 0 Å². The first-order valence-electron chi connectivity index (χ1n) is 13.1. The van der Waals surface area contributed by atoms with E-state index in [9.17, 15) is 0 Å². The van der Waals surface area contributed by atoms with Crippen LogP contribution in [0.25, 0.3) is 21.5 Å². The fraction of sp³-hybridized carbons (Fsp3) is 0.419. The SMILES string of the molecule is CCc1cc2c(C3CC3)cccc2[cH-]1.CCc1cc2c(C3CC3)cccc2[cH-]1.[Cl-].[Cl-].[Hf+2]=[Si]1CCC1. The van der Waals surface area contributed by atoms with Crippen molar-refractivity contribution >= 4 is 27.0 Å². The van der Waals surface area contributed by atoms with E-state index in [2.05, 4.69) is 74.5 Å². The molecule has 35 heavy (non-hydrogen) atoms. The Morgan fingerprint density at radius 1 is 0.743 bits per heavy atom. The van der Waals surface area contributed by atoms with Crippen LogP contribution in [-0.2, 0) is 35.8 Å². The summed E-state index contributed by atoms with van der Waals surface area (Å²) in [6.45, 7) is 4.45. The van der Waals surface area contributed by atoms with Crippen LogP contribution in [0.15, 0.2) is 60.7 Å². The van der Waals surface area contributed by atoms with Crippen LogP contribution in [0.2, 0.25) is 12.1 Å². The predicted octanol–water partition coefficient (Wildman–Crippen LogP) is 2.93. The predicted molar refractivity (Wildman–Crippen MR) is 142 cm³/mol. The van der Waals surface area contributed by atoms with Crippen LogP contribution in [0.4, 0.5) is 0 Å². The van der Waals surface area contributed by atoms with Crippen molar-refractivity contribution in [3.63, 3.8) is 0 Å². The van der Waals surface area contributed by atoms with Crippen LogP contribution in [0, 0.1) is 0 Å². The van der Waals surface area contributed by atoms with Crippen molar-refractivity contribution in [3.05, 3.63) is 82.9 Å². The van der Waals surface area contributed by atoms with Gasteiger partial charge >= 0.3 is 47.0 Å². The van der Waals surface area contributed by atoms with E-state index < -0.39 is 0 Å². The normalized spacial score (nSPS) is 16.3. The summed E-state index contributed by atoms with van der Waals surface area (Å²) in [5, 5.41) is 5.89. The monoisotopic (exact) mass is 686 g/mol. The maximum absolute atomic E-state index is 2.38. The van der Waals surface area contributed by atoms with E-state index in [1.54, 1.807) is 52.6 Å². The fourth-order valence-electron chi connectivity index (χ4n) is 4.90. The molecule has 4 aromatic rings. The Balaban J connectivity index is 0.000000156. The molecule has 184 valence electrons. The fourth-order valence-corrected chi connectivity index (χ4v) is 9.42. The second kappa shape index (κ2) is 13.2. The second-order valence-corrected chi connectivity index (χ2v) is 20.0. The minimum absolute atomic E-state index is 0. The molecule has 0 bridgehead atoms. The van der Waals surface area contributed by atoms with Gasteiger partial charge in [0.1, 0.15) is 0 Å². The van der Waals surface area contributed by atoms with Crippen molar-refractivity contribution in [1.29, 1.82) is 0 Å². The molecule has 0 radical (unpaired) electrons. The van der Waals surface area contributed by atoms with Crippen LogP contribution < -0.4 is 24.8 Å². The molecule has 4 aromatic carbocycles. The molecule has 4 heteroatoms. The van der Waals surface area contributed by atoms with Crippen molar-refractivity contribution in [2.75, 3.05) is 0 Å². The first kappa shape index (κ1) is 28.9. The first-order chi connectivity index (χ1) is 16.2. The summed E-state index contributed by atoms with van der Waals surface area (Å²) in [5.41, 5.74) is 6.58. The molecule has 0 nitrogen and oxygen atoms in total. The molecule has 2 aliphatic carbocycles. The molecule has 0 unspecified atom stereocenters. The van der Waals surface area contributed by atoms with Gasteiger partial charge in [-0.25, -0.2) is 0 Å². The van der Waals surface area contributed by atoms with Gasteiger partial charge in [0.15, 0.2) is 0 Å². The minimum atomic E-state index is 0. The van der Waals surface area contributed by atoms with E-state index in [1.165, 1.54) is 58.4 Å². The Morgan fingerprint density at radius 2 is 1.14 bits per heavy atom. The Hall–Kier alpha value is -0.673. The van der Waals surface area contributed by atoms with Crippen LogP contribution in [0.1, 0.15) is 80.0 Å². The van der Waals surface area contributed by atoms with Crippen LogP contribution in [0.5, 0.6) is 0 Å². The van der Waals surface area contributed by atoms with Gasteiger partial charge in [0.2, 0.25) is 0 Å². The Kier molecular flexibility index (Phi) is 10.9. The second-order valence-electron chi connectivity index (χ2n) is 10.1. The van der Waals surface area contributed by atoms with Crippen molar-refractivity contribution in [3.8, 4) is 0 Å². The van der Waals surface area contributed by atoms with Gasteiger partial charge in [-0.3, -0.25) is 0 Å². The van der Waals surface area contributed by atoms with Gasteiger partial charge < -0.3 is 24.8 Å². The third-order valence-electron chi connectivity index (χ3n) is 7.50. The zero-order valence-electron chi connectivity index (χ0n) is 21.0. The molecular formula is C31H36Cl2HfSi-2. The molecular weight excluding hydrogens is 650 g/mol. The summed E-state index contributed by atoms with van der Waals surface area (Å²) in [4.78, 5) is 0. The van der Waals surface area contributed by atoms with Crippen LogP contribution in [-0.4, -0.2) is 5.49 Å². The molecule has 0 N–H and O–H groups in total. The number of halogens is 2. The average Bonchev–Trinajstić information content (AvgIpc) is 3.75. The Morgan fingerprint density at radius 3 is 1.43 bits per heavy atom. The number of rotatable bonds is 4. The molecule has 3 aliphatic rings. The molecule has 0 atom stereocenters. The van der Waals surface area contributed by atoms with Gasteiger partial charge in [-0.15, -0.1) is 69.1 Å². The number of benzene rings is 2. The van der Waals surface area contributed by atoms with Gasteiger partial charge in [0.05, 0.1) is 0 Å². The quantitative estimate of drug-likeness (QED) is 0.229. The van der Waals surface area contributed by atoms with Gasteiger partial charge in [-0.05, 0) is 50.4 Å². The van der Waals surface area contributed by atoms with Gasteiger partial charge in [0.25, 0.3) is 0 Å². The number of aryl methyl sites for hydroxylation is 2. The van der Waals surface area contributed by atoms with Crippen LogP contribution >= 0.6 is 0 Å². The zero-order chi connectivity index (χ0) is 22.8. The van der Waals surface area contributed by atoms with Crippen molar-refractivity contribution in [1.82, 2.24) is 0 Å². The molecule has 0 aromatic heterocycles. The zero-order valence-corrected chi connectivity index (χ0v) is 27.2. The van der Waals surface area contributed by atoms with Gasteiger partial charge in [-0.1, -0.05) is 37.1 Å². The summed E-state index contributed by atoms with van der Waals surface area (Å²) >= 11 is 1.56. The van der Waals surface area contributed by atoms with E-state index in [-0.39, 0.29) is 24.8 Å². The van der Waals surface area contributed by atoms with E-state index in [0.717, 1.165) is 24.7 Å². The summed E-state index contributed by atoms with van der Waals surface area (Å²) in [7, 11) is 0. The van der Waals surface area contributed by atoms with Crippen LogP contribution in [0.3, 0.4) is 0 Å². The molecule has 0 spiro atoms. The van der Waals surface area contributed by atoms with E-state index >= 15 is 0 Å². The third-order valence-corrected chi connectivity index (χ3v) is 14.8. The summed E-state index contributed by atoms with van der Waals surface area (Å²) in [6.07, 6.45) is 9.45. The summed E-state index contributed by atoms with van der Waals surface area (Å²) < 4.78 is 0. The third kappa shape index (κ3) is 7.22. The van der Waals surface area contributed by atoms with Gasteiger partial charge in [0, 0.05) is 0 Å². The average molecular weight is 686 g/mol. The molecule has 1 heterocycles. The van der Waals surface area contributed by atoms with E-state index in [1.807, 2.05) is 0 Å². The van der Waals surface area contributed by atoms with Crippen molar-refractivity contribution < 1.29 is 47.8 Å². The molecule has 7 rings (SSSR count). The Bertz CT molecular complexity index is 1160. The van der Waals surface area contributed by atoms with Gasteiger partial charge in [-0.2, -0.15) is 12.1 Å². The number of fused-ring (bicyclic) bond motifs is 2. The molecule has 1 saturated heterocycles. The molecule has 0 amide bonds. The molecule has 1 aliphatic heterocycles. The van der Waals surface area contributed by atoms with Crippen molar-refractivity contribution in [2.24, 2.45) is 0 Å².